The predicted molar refractivity (Wildman–Crippen MR) is 136 cm³/mol. The molecule has 7 nitrogen and oxygen atoms in total. The molecule has 170 valence electrons. The zero-order chi connectivity index (χ0) is 22.7. The van der Waals surface area contributed by atoms with Crippen LogP contribution in [0.15, 0.2) is 40.5 Å². The maximum atomic E-state index is 13.2. The van der Waals surface area contributed by atoms with Crippen molar-refractivity contribution >= 4 is 59.3 Å². The SMILES string of the molecule is Cc1ccc(Cc2csc(C(=O)c3cncnc3N[C@@H]3C[C@H](CO)[C@@H](O[S-](#P)I)C3)c2)o1. The molecule has 0 aliphatic heterocycles. The number of aliphatic hydroxyl groups is 1. The Bertz CT molecular complexity index is 1180. The molecule has 0 unspecified atom stereocenters. The van der Waals surface area contributed by atoms with Crippen LogP contribution in [0.4, 0.5) is 5.82 Å². The molecule has 1 aliphatic rings. The van der Waals surface area contributed by atoms with Gasteiger partial charge in [-0.1, -0.05) is 0 Å². The minimum absolute atomic E-state index is 0.0236. The number of nitrogens with zero attached hydrogens (tertiary/aromatic N) is 2. The summed E-state index contributed by atoms with van der Waals surface area (Å²) in [5, 5.41) is 15.1. The number of aryl methyl sites for hydroxylation is 1. The maximum Gasteiger partial charge on any atom is -0.466 e. The van der Waals surface area contributed by atoms with E-state index in [0.717, 1.165) is 23.5 Å². The molecule has 11 heteroatoms. The second-order valence-electron chi connectivity index (χ2n) is 7.72. The van der Waals surface area contributed by atoms with Crippen LogP contribution in [0.5, 0.6) is 0 Å². The second-order valence-corrected chi connectivity index (χ2v) is 14.7. The van der Waals surface area contributed by atoms with E-state index < -0.39 is 7.32 Å². The number of hydrogen-bond acceptors (Lipinski definition) is 9. The number of aromatic nitrogens is 2. The van der Waals surface area contributed by atoms with Crippen LogP contribution in [0.3, 0.4) is 0 Å². The fourth-order valence-corrected chi connectivity index (χ4v) is 6.36. The van der Waals surface area contributed by atoms with E-state index in [9.17, 15) is 9.90 Å². The first kappa shape index (κ1) is 24.1. The smallest absolute Gasteiger partial charge is 0.466 e. The van der Waals surface area contributed by atoms with Crippen LogP contribution < -0.4 is 5.32 Å². The molecule has 3 heterocycles. The molecular weight excluding hydrogens is 580 g/mol. The maximum absolute atomic E-state index is 13.2. The van der Waals surface area contributed by atoms with Crippen molar-refractivity contribution in [1.82, 2.24) is 9.97 Å². The number of carbonyl (C=O) groups is 1. The first-order valence-electron chi connectivity index (χ1n) is 10.0. The number of hydrogen-bond donors (Lipinski definition) is 2. The van der Waals surface area contributed by atoms with E-state index in [1.807, 2.05) is 30.5 Å². The van der Waals surface area contributed by atoms with Crippen LogP contribution in [0, 0.1) is 12.8 Å². The molecule has 0 radical (unpaired) electrons. The van der Waals surface area contributed by atoms with Crippen LogP contribution in [-0.2, 0) is 17.9 Å². The molecule has 4 rings (SSSR count). The largest absolute Gasteiger partial charge is 0.466 e. The first-order valence-corrected chi connectivity index (χ1v) is 15.7. The number of nitrogens with one attached hydrogen (secondary N) is 1. The van der Waals surface area contributed by atoms with Crippen molar-refractivity contribution in [3.8, 4) is 0 Å². The molecule has 3 aromatic heterocycles. The van der Waals surface area contributed by atoms with E-state index in [1.165, 1.54) is 17.7 Å². The Balaban J connectivity index is 1.48. The van der Waals surface area contributed by atoms with Gasteiger partial charge in [0.15, 0.2) is 0 Å². The number of rotatable bonds is 8. The predicted octanol–water partition coefficient (Wildman–Crippen LogP) is 5.04. The van der Waals surface area contributed by atoms with Gasteiger partial charge in [0.1, 0.15) is 11.5 Å². The van der Waals surface area contributed by atoms with Crippen LogP contribution in [0.25, 0.3) is 0 Å². The van der Waals surface area contributed by atoms with E-state index in [4.69, 9.17) is 8.60 Å². The Morgan fingerprint density at radius 3 is 3.03 bits per heavy atom. The van der Waals surface area contributed by atoms with Crippen LogP contribution in [-0.4, -0.2) is 39.6 Å². The van der Waals surface area contributed by atoms with Crippen molar-refractivity contribution in [1.29, 1.82) is 0 Å². The van der Waals surface area contributed by atoms with Crippen molar-refractivity contribution in [3.63, 3.8) is 0 Å². The minimum atomic E-state index is -0.497. The van der Waals surface area contributed by atoms with Gasteiger partial charge >= 0.3 is 166 Å². The monoisotopic (exact) mass is 602 g/mol. The van der Waals surface area contributed by atoms with Crippen molar-refractivity contribution in [2.75, 3.05) is 11.9 Å². The average molecular weight is 602 g/mol. The molecule has 0 aromatic carbocycles. The molecular formula is C21H22IN3O4PS2-. The number of aliphatic hydroxyl groups excluding tert-OH is 1. The van der Waals surface area contributed by atoms with Crippen molar-refractivity contribution in [3.05, 3.63) is 63.6 Å². The number of anilines is 1. The van der Waals surface area contributed by atoms with E-state index >= 15 is 0 Å². The Morgan fingerprint density at radius 2 is 2.31 bits per heavy atom. The Kier molecular flexibility index (Phi) is 8.23. The van der Waals surface area contributed by atoms with Gasteiger partial charge in [0.2, 0.25) is 0 Å². The standard InChI is InChI=1S/C21H22IN3O4PS2/c1-12-2-3-16(28-12)4-13-5-19(31-10-13)20(27)17-8-23-11-24-21(17)25-15-6-14(9-26)18(7-15)29-32(22)30/h2-3,5,8,10-11,14-15,18,26H,4,6-7,9H2,1H3,(H,23,24,25)/q-1/t14-,15-,18+/m1/s1. The summed E-state index contributed by atoms with van der Waals surface area (Å²) in [4.78, 5) is 22.3. The molecule has 2 N–H and O–H groups in total. The molecule has 1 saturated carbocycles. The van der Waals surface area contributed by atoms with Crippen LogP contribution in [0.1, 0.15) is 45.2 Å². The third-order valence-electron chi connectivity index (χ3n) is 5.42. The van der Waals surface area contributed by atoms with Gasteiger partial charge in [-0.2, -0.15) is 0 Å². The quantitative estimate of drug-likeness (QED) is 0.162. The topological polar surface area (TPSA) is 97.5 Å². The van der Waals surface area contributed by atoms with Gasteiger partial charge in [-0.25, -0.2) is 0 Å². The number of carbonyl (C=O) groups excluding carboxylic acids is 1. The Labute approximate surface area is 206 Å². The van der Waals surface area contributed by atoms with Gasteiger partial charge in [-0.15, -0.1) is 0 Å². The number of furan rings is 1. The summed E-state index contributed by atoms with van der Waals surface area (Å²) in [5.74, 6) is 2.15. The summed E-state index contributed by atoms with van der Waals surface area (Å²) >= 11 is 3.52. The molecule has 0 bridgehead atoms. The fraction of sp³-hybridized carbons (Fsp3) is 0.381. The van der Waals surface area contributed by atoms with Gasteiger partial charge in [0, 0.05) is 6.42 Å². The molecule has 0 spiro atoms. The molecule has 0 saturated heterocycles. The second kappa shape index (κ2) is 10.9. The fourth-order valence-electron chi connectivity index (χ4n) is 3.92. The minimum Gasteiger partial charge on any atom is -0.466 e. The van der Waals surface area contributed by atoms with Gasteiger partial charge < -0.3 is 4.42 Å². The normalized spacial score (nSPS) is 20.7. The molecule has 0 amide bonds. The van der Waals surface area contributed by atoms with Gasteiger partial charge in [-0.3, -0.25) is 0 Å². The van der Waals surface area contributed by atoms with E-state index in [-0.39, 0.29) is 30.5 Å². The van der Waals surface area contributed by atoms with Gasteiger partial charge in [-0.05, 0) is 19.1 Å². The Hall–Kier alpha value is -1.04. The summed E-state index contributed by atoms with van der Waals surface area (Å²) in [7, 11) is 3.82. The summed E-state index contributed by atoms with van der Waals surface area (Å²) in [5.41, 5.74) is 1.46. The molecule has 1 fully saturated rings. The van der Waals surface area contributed by atoms with Gasteiger partial charge in [0.25, 0.3) is 0 Å². The van der Waals surface area contributed by atoms with E-state index in [0.29, 0.717) is 29.1 Å². The number of thiophene rings is 1. The van der Waals surface area contributed by atoms with Crippen molar-refractivity contribution in [2.24, 2.45) is 5.92 Å². The Morgan fingerprint density at radius 1 is 1.47 bits per heavy atom. The summed E-state index contributed by atoms with van der Waals surface area (Å²) < 4.78 is 11.5. The summed E-state index contributed by atoms with van der Waals surface area (Å²) in [6.45, 7) is 1.96. The van der Waals surface area contributed by atoms with Crippen molar-refractivity contribution < 1.29 is 18.5 Å². The number of halogens is 1. The molecule has 32 heavy (non-hydrogen) atoms. The van der Waals surface area contributed by atoms with Crippen molar-refractivity contribution in [2.45, 2.75) is 38.3 Å². The molecule has 3 aromatic rings. The zero-order valence-corrected chi connectivity index (χ0v) is 21.9. The third-order valence-corrected chi connectivity index (χ3v) is 7.68. The third kappa shape index (κ3) is 5.90. The summed E-state index contributed by atoms with van der Waals surface area (Å²) in [6, 6.07) is 5.82. The zero-order valence-electron chi connectivity index (χ0n) is 17.2. The average Bonchev–Trinajstić information content (AvgIpc) is 3.48. The van der Waals surface area contributed by atoms with Crippen LogP contribution >= 0.6 is 40.4 Å². The van der Waals surface area contributed by atoms with E-state index in [1.54, 1.807) is 6.20 Å². The number of ketones is 1. The van der Waals surface area contributed by atoms with Gasteiger partial charge in [0.05, 0.1) is 0 Å². The van der Waals surface area contributed by atoms with Crippen LogP contribution in [0.2, 0.25) is 0 Å². The van der Waals surface area contributed by atoms with E-state index in [2.05, 4.69) is 44.3 Å². The summed E-state index contributed by atoms with van der Waals surface area (Å²) in [6.07, 6.45) is 4.98. The molecule has 3 atom stereocenters. The molecule has 1 aliphatic carbocycles. The first-order chi connectivity index (χ1) is 15.4.